The van der Waals surface area contributed by atoms with Gasteiger partial charge in [-0.3, -0.25) is 4.79 Å². The number of esters is 1. The van der Waals surface area contributed by atoms with Crippen LogP contribution >= 0.6 is 0 Å². The standard InChI is InChI=1S/C52H52N2O7/c1-30(55)60-29-41-37-14-15-38-47-33(22-35(56)24-45(47)59-3)27-52-21-18-32(26-52)40(28-51(19-7-8-20-51)34-11-5-4-6-12-34)36-16-17-46(53)54-42(36)13-9-10-31-23-43(57)44(58-2)25-39(31)49(41)61-50(37)48(38)52/h4-6,11-12,14-17,22-25,32,40-41,49,56-57H,7-8,10,18-21,26-29H2,1-3H3,(H2,53,54)/t32-,40+,41+,49+,52-/m0/s1. The molecule has 4 aromatic carbocycles. The third-order valence-corrected chi connectivity index (χ3v) is 14.7. The minimum absolute atomic E-state index is 0.000725. The smallest absolute Gasteiger partial charge is 0.302 e. The molecule has 3 aliphatic carbocycles. The van der Waals surface area contributed by atoms with Crippen LogP contribution in [0.25, 0.3) is 11.1 Å². The fraction of sp³-hybridized carbons (Fsp3) is 0.385. The Balaban J connectivity index is 1.23. The van der Waals surface area contributed by atoms with Crippen molar-refractivity contribution in [2.45, 2.75) is 99.9 Å². The molecule has 2 fully saturated rings. The van der Waals surface area contributed by atoms with Gasteiger partial charge in [-0.05, 0) is 120 Å². The van der Waals surface area contributed by atoms with Crippen LogP contribution in [0, 0.1) is 17.8 Å². The van der Waals surface area contributed by atoms with Gasteiger partial charge in [-0.15, -0.1) is 0 Å². The summed E-state index contributed by atoms with van der Waals surface area (Å²) in [6, 6.07) is 26.6. The van der Waals surface area contributed by atoms with Crippen LogP contribution in [0.4, 0.5) is 5.82 Å². The molecule has 9 nitrogen and oxygen atoms in total. The lowest BCUT2D eigenvalue weighted by molar-refractivity contribution is -0.141. The molecule has 5 aromatic rings. The molecule has 1 spiro atoms. The van der Waals surface area contributed by atoms with E-state index in [1.54, 1.807) is 19.2 Å². The third kappa shape index (κ3) is 6.54. The Morgan fingerprint density at radius 1 is 0.902 bits per heavy atom. The number of aromatic hydroxyl groups is 2. The molecule has 5 aliphatic rings. The number of methoxy groups -OCH3 is 2. The first-order chi connectivity index (χ1) is 29.6. The number of pyridine rings is 1. The monoisotopic (exact) mass is 816 g/mol. The number of ether oxygens (including phenoxy) is 4. The van der Waals surface area contributed by atoms with Gasteiger partial charge in [-0.25, -0.2) is 4.98 Å². The number of nitrogens with zero attached hydrogens (tertiary/aromatic N) is 1. The van der Waals surface area contributed by atoms with Gasteiger partial charge < -0.3 is 34.9 Å². The summed E-state index contributed by atoms with van der Waals surface area (Å²) < 4.78 is 24.9. The highest BCUT2D eigenvalue weighted by atomic mass is 16.5. The molecule has 5 atom stereocenters. The molecule has 0 unspecified atom stereocenters. The molecule has 4 N–H and O–H groups in total. The molecule has 61 heavy (non-hydrogen) atoms. The van der Waals surface area contributed by atoms with Crippen LogP contribution in [0.5, 0.6) is 28.7 Å². The van der Waals surface area contributed by atoms with Gasteiger partial charge in [-0.2, -0.15) is 0 Å². The lowest BCUT2D eigenvalue weighted by Crippen LogP contribution is -2.32. The molecule has 0 radical (unpaired) electrons. The van der Waals surface area contributed by atoms with Crippen molar-refractivity contribution >= 4 is 11.8 Å². The third-order valence-electron chi connectivity index (χ3n) is 14.7. The van der Waals surface area contributed by atoms with E-state index in [0.717, 1.165) is 88.8 Å². The number of anilines is 1. The van der Waals surface area contributed by atoms with Crippen molar-refractivity contribution in [3.05, 3.63) is 124 Å². The van der Waals surface area contributed by atoms with Crippen molar-refractivity contribution in [2.75, 3.05) is 26.6 Å². The number of rotatable bonds is 7. The van der Waals surface area contributed by atoms with Gasteiger partial charge >= 0.3 is 5.97 Å². The van der Waals surface area contributed by atoms with E-state index < -0.39 is 6.10 Å². The zero-order valence-electron chi connectivity index (χ0n) is 35.1. The van der Waals surface area contributed by atoms with Crippen molar-refractivity contribution in [2.24, 2.45) is 5.92 Å². The SMILES string of the molecule is COc1cc2c(cc1O)CC#Cc1nc(N)ccc1[C@H](CC1(c3ccccc3)CCCC1)[C@H]1CC[C@@]3(Cc4cc(O)cc(OC)c4-c4ccc5c(c43)O[C@H]2[C@@H]5COC(C)=O)C1. The Labute approximate surface area is 357 Å². The number of aromatic nitrogens is 1. The maximum absolute atomic E-state index is 12.5. The first-order valence-corrected chi connectivity index (χ1v) is 21.7. The van der Waals surface area contributed by atoms with Crippen LogP contribution in [0.2, 0.25) is 0 Å². The molecular weight excluding hydrogens is 765 g/mol. The number of carbonyl (C=O) groups is 1. The average molecular weight is 817 g/mol. The van der Waals surface area contributed by atoms with Crippen molar-refractivity contribution < 1.29 is 34.0 Å². The van der Waals surface area contributed by atoms with Crippen LogP contribution in [0.15, 0.2) is 78.9 Å². The summed E-state index contributed by atoms with van der Waals surface area (Å²) in [5, 5.41) is 22.3. The van der Waals surface area contributed by atoms with Crippen molar-refractivity contribution in [1.82, 2.24) is 4.98 Å². The minimum Gasteiger partial charge on any atom is -0.508 e. The van der Waals surface area contributed by atoms with Gasteiger partial charge in [0.25, 0.3) is 0 Å². The number of hydrogen-bond donors (Lipinski definition) is 3. The number of hydrogen-bond acceptors (Lipinski definition) is 9. The number of nitrogens with two attached hydrogens (primary N) is 1. The number of phenols is 2. The van der Waals surface area contributed by atoms with Gasteiger partial charge in [0, 0.05) is 47.1 Å². The fourth-order valence-corrected chi connectivity index (χ4v) is 12.1. The first kappa shape index (κ1) is 39.0. The van der Waals surface area contributed by atoms with Crippen LogP contribution in [0.3, 0.4) is 0 Å². The summed E-state index contributed by atoms with van der Waals surface area (Å²) in [5.74, 6) is 8.93. The molecule has 0 saturated heterocycles. The molecule has 2 saturated carbocycles. The van der Waals surface area contributed by atoms with E-state index >= 15 is 0 Å². The Morgan fingerprint density at radius 2 is 1.69 bits per heavy atom. The number of nitrogen functional groups attached to an aromatic ring is 1. The van der Waals surface area contributed by atoms with E-state index in [0.29, 0.717) is 29.4 Å². The fourth-order valence-electron chi connectivity index (χ4n) is 12.1. The average Bonchev–Trinajstić information content (AvgIpc) is 4.00. The second-order valence-corrected chi connectivity index (χ2v) is 18.0. The second-order valence-electron chi connectivity index (χ2n) is 18.0. The maximum Gasteiger partial charge on any atom is 0.302 e. The summed E-state index contributed by atoms with van der Waals surface area (Å²) in [6.45, 7) is 1.53. The molecule has 312 valence electrons. The van der Waals surface area contributed by atoms with E-state index in [9.17, 15) is 15.0 Å². The van der Waals surface area contributed by atoms with Gasteiger partial charge in [0.1, 0.15) is 41.5 Å². The number of carbonyl (C=O) groups excluding carboxylic acids is 1. The van der Waals surface area contributed by atoms with Crippen LogP contribution < -0.4 is 19.9 Å². The quantitative estimate of drug-likeness (QED) is 0.108. The van der Waals surface area contributed by atoms with Crippen molar-refractivity contribution in [1.29, 1.82) is 0 Å². The molecule has 1 aromatic heterocycles. The molecule has 2 aliphatic heterocycles. The van der Waals surface area contributed by atoms with Crippen LogP contribution in [0.1, 0.15) is 121 Å². The van der Waals surface area contributed by atoms with E-state index in [-0.39, 0.29) is 59.1 Å². The Bertz CT molecular complexity index is 2620. The second kappa shape index (κ2) is 15.1. The van der Waals surface area contributed by atoms with Crippen LogP contribution in [-0.2, 0) is 33.2 Å². The number of benzene rings is 4. The van der Waals surface area contributed by atoms with Crippen molar-refractivity contribution in [3.8, 4) is 51.7 Å². The molecular formula is C52H52N2O7. The molecule has 9 heteroatoms. The first-order valence-electron chi connectivity index (χ1n) is 21.7. The zero-order chi connectivity index (χ0) is 42.0. The number of phenolic OH excluding ortho intramolecular Hbond substituents is 2. The van der Waals surface area contributed by atoms with Gasteiger partial charge in [0.15, 0.2) is 11.5 Å². The van der Waals surface area contributed by atoms with Crippen LogP contribution in [-0.4, -0.2) is 42.0 Å². The summed E-state index contributed by atoms with van der Waals surface area (Å²) in [5.41, 5.74) is 16.1. The lowest BCUT2D eigenvalue weighted by atomic mass is 9.63. The van der Waals surface area contributed by atoms with E-state index in [1.165, 1.54) is 32.4 Å². The van der Waals surface area contributed by atoms with Gasteiger partial charge in [-0.1, -0.05) is 67.3 Å². The summed E-state index contributed by atoms with van der Waals surface area (Å²) in [6.07, 6.45) is 8.73. The molecule has 0 amide bonds. The van der Waals surface area contributed by atoms with E-state index in [4.69, 9.17) is 29.7 Å². The van der Waals surface area contributed by atoms with E-state index in [2.05, 4.69) is 60.4 Å². The largest absolute Gasteiger partial charge is 0.508 e. The Morgan fingerprint density at radius 3 is 2.46 bits per heavy atom. The molecule has 4 bridgehead atoms. The Kier molecular flexibility index (Phi) is 9.65. The maximum atomic E-state index is 12.5. The van der Waals surface area contributed by atoms with Crippen molar-refractivity contribution in [3.63, 3.8) is 0 Å². The Hall–Kier alpha value is -6.14. The summed E-state index contributed by atoms with van der Waals surface area (Å²) in [4.78, 5) is 17.4. The minimum atomic E-state index is -0.587. The highest BCUT2D eigenvalue weighted by Crippen LogP contribution is 2.64. The predicted molar refractivity (Wildman–Crippen MR) is 233 cm³/mol. The predicted octanol–water partition coefficient (Wildman–Crippen LogP) is 9.73. The topological polar surface area (TPSA) is 133 Å². The summed E-state index contributed by atoms with van der Waals surface area (Å²) in [7, 11) is 3.18. The van der Waals surface area contributed by atoms with E-state index in [1.807, 2.05) is 18.2 Å². The lowest BCUT2D eigenvalue weighted by Gasteiger charge is -2.41. The normalized spacial score (nSPS) is 23.8. The zero-order valence-corrected chi connectivity index (χ0v) is 35.1. The molecule has 3 heterocycles. The molecule has 10 rings (SSSR count). The highest BCUT2D eigenvalue weighted by molar-refractivity contribution is 5.84. The van der Waals surface area contributed by atoms with Gasteiger partial charge in [0.2, 0.25) is 0 Å². The summed E-state index contributed by atoms with van der Waals surface area (Å²) >= 11 is 0. The number of fused-ring (bicyclic) bond motifs is 7. The van der Waals surface area contributed by atoms with Gasteiger partial charge in [0.05, 0.1) is 20.1 Å². The highest BCUT2D eigenvalue weighted by Gasteiger charge is 2.53.